The molecule has 0 bridgehead atoms. The highest BCUT2D eigenvalue weighted by Crippen LogP contribution is 2.18. The van der Waals surface area contributed by atoms with Gasteiger partial charge >= 0.3 is 0 Å². The number of hydrogen-bond donors (Lipinski definition) is 2. The van der Waals surface area contributed by atoms with E-state index in [1.54, 1.807) is 0 Å². The molecular weight excluding hydrogens is 228 g/mol. The second-order valence-electron chi connectivity index (χ2n) is 6.48. The minimum absolute atomic E-state index is 0.00820. The molecule has 0 fully saturated rings. The molecule has 0 saturated carbocycles. The van der Waals surface area contributed by atoms with Crippen LogP contribution in [0.1, 0.15) is 54.9 Å². The van der Waals surface area contributed by atoms with Gasteiger partial charge in [0.2, 0.25) is 11.8 Å². The molecule has 0 aliphatic carbocycles. The quantitative estimate of drug-likeness (QED) is 0.791. The predicted molar refractivity (Wildman–Crippen MR) is 74.1 cm³/mol. The maximum Gasteiger partial charge on any atom is 0.242 e. The molecule has 0 heterocycles. The third kappa shape index (κ3) is 6.62. The lowest BCUT2D eigenvalue weighted by molar-refractivity contribution is -0.129. The van der Waals surface area contributed by atoms with Crippen LogP contribution in [0.25, 0.3) is 0 Å². The number of rotatable bonds is 5. The molecule has 106 valence electrons. The van der Waals surface area contributed by atoms with Crippen LogP contribution in [0.2, 0.25) is 0 Å². The Kier molecular flexibility index (Phi) is 6.36. The number of carbonyl (C=O) groups is 2. The van der Waals surface area contributed by atoms with Crippen LogP contribution in [0, 0.1) is 11.3 Å². The zero-order valence-corrected chi connectivity index (χ0v) is 12.8. The van der Waals surface area contributed by atoms with Crippen molar-refractivity contribution in [2.75, 3.05) is 0 Å². The summed E-state index contributed by atoms with van der Waals surface area (Å²) in [5, 5.41) is 5.69. The lowest BCUT2D eigenvalue weighted by atomic mass is 9.87. The molecule has 0 saturated heterocycles. The van der Waals surface area contributed by atoms with Gasteiger partial charge in [0.25, 0.3) is 0 Å². The smallest absolute Gasteiger partial charge is 0.242 e. The van der Waals surface area contributed by atoms with Crippen molar-refractivity contribution in [1.82, 2.24) is 10.6 Å². The minimum atomic E-state index is -0.438. The standard InChI is InChI=1S/C14H28N2O2/c1-9(2)8-12(16-11(4)17)13(18)15-10(3)14(5,6)7/h9-10,12H,8H2,1-7H3,(H,15,18)(H,16,17). The first-order chi connectivity index (χ1) is 8.04. The van der Waals surface area contributed by atoms with E-state index in [4.69, 9.17) is 0 Å². The van der Waals surface area contributed by atoms with Gasteiger partial charge in [0.15, 0.2) is 0 Å². The van der Waals surface area contributed by atoms with E-state index >= 15 is 0 Å². The fourth-order valence-corrected chi connectivity index (χ4v) is 1.48. The molecule has 2 N–H and O–H groups in total. The molecule has 4 heteroatoms. The van der Waals surface area contributed by atoms with Gasteiger partial charge in [0, 0.05) is 13.0 Å². The van der Waals surface area contributed by atoms with Crippen molar-refractivity contribution < 1.29 is 9.59 Å². The molecule has 0 rings (SSSR count). The van der Waals surface area contributed by atoms with Gasteiger partial charge in [-0.1, -0.05) is 34.6 Å². The maximum atomic E-state index is 12.1. The van der Waals surface area contributed by atoms with Crippen molar-refractivity contribution in [1.29, 1.82) is 0 Å². The average molecular weight is 256 g/mol. The third-order valence-corrected chi connectivity index (χ3v) is 3.06. The zero-order valence-electron chi connectivity index (χ0n) is 12.8. The van der Waals surface area contributed by atoms with Gasteiger partial charge in [-0.05, 0) is 24.7 Å². The monoisotopic (exact) mass is 256 g/mol. The van der Waals surface area contributed by atoms with Crippen molar-refractivity contribution in [2.24, 2.45) is 11.3 Å². The van der Waals surface area contributed by atoms with Crippen LogP contribution in [0.15, 0.2) is 0 Å². The average Bonchev–Trinajstić information content (AvgIpc) is 2.13. The molecule has 2 amide bonds. The van der Waals surface area contributed by atoms with Crippen LogP contribution in [0.5, 0.6) is 0 Å². The molecule has 18 heavy (non-hydrogen) atoms. The van der Waals surface area contributed by atoms with Gasteiger partial charge in [-0.2, -0.15) is 0 Å². The van der Waals surface area contributed by atoms with Crippen LogP contribution in [-0.4, -0.2) is 23.9 Å². The van der Waals surface area contributed by atoms with E-state index in [-0.39, 0.29) is 23.3 Å². The van der Waals surface area contributed by atoms with E-state index in [1.807, 2.05) is 20.8 Å². The first kappa shape index (κ1) is 16.9. The van der Waals surface area contributed by atoms with E-state index in [2.05, 4.69) is 31.4 Å². The molecule has 4 nitrogen and oxygen atoms in total. The lowest BCUT2D eigenvalue weighted by Gasteiger charge is -2.30. The van der Waals surface area contributed by atoms with E-state index in [0.29, 0.717) is 12.3 Å². The molecule has 2 unspecified atom stereocenters. The molecule has 0 aromatic carbocycles. The first-order valence-electron chi connectivity index (χ1n) is 6.61. The predicted octanol–water partition coefficient (Wildman–Crippen LogP) is 2.09. The van der Waals surface area contributed by atoms with Crippen molar-refractivity contribution in [3.05, 3.63) is 0 Å². The van der Waals surface area contributed by atoms with Gasteiger partial charge in [0.1, 0.15) is 6.04 Å². The Morgan fingerprint density at radius 2 is 1.56 bits per heavy atom. The Hall–Kier alpha value is -1.06. The molecule has 0 aromatic heterocycles. The summed E-state index contributed by atoms with van der Waals surface area (Å²) in [5.74, 6) is 0.0954. The molecule has 0 spiro atoms. The summed E-state index contributed by atoms with van der Waals surface area (Å²) in [5.41, 5.74) is 0.00820. The van der Waals surface area contributed by atoms with Crippen molar-refractivity contribution in [2.45, 2.75) is 67.0 Å². The van der Waals surface area contributed by atoms with Crippen molar-refractivity contribution in [3.63, 3.8) is 0 Å². The van der Waals surface area contributed by atoms with E-state index < -0.39 is 6.04 Å². The lowest BCUT2D eigenvalue weighted by Crippen LogP contribution is -2.51. The van der Waals surface area contributed by atoms with Crippen LogP contribution < -0.4 is 10.6 Å². The van der Waals surface area contributed by atoms with Gasteiger partial charge in [-0.3, -0.25) is 9.59 Å². The highest BCUT2D eigenvalue weighted by Gasteiger charge is 2.26. The van der Waals surface area contributed by atoms with Crippen LogP contribution in [0.3, 0.4) is 0 Å². The number of amides is 2. The molecule has 0 radical (unpaired) electrons. The number of nitrogens with one attached hydrogen (secondary N) is 2. The molecule has 2 atom stereocenters. The fourth-order valence-electron chi connectivity index (χ4n) is 1.48. The Morgan fingerprint density at radius 1 is 1.06 bits per heavy atom. The number of carbonyl (C=O) groups excluding carboxylic acids is 2. The molecule has 0 aromatic rings. The van der Waals surface area contributed by atoms with E-state index in [1.165, 1.54) is 6.92 Å². The summed E-state index contributed by atoms with van der Waals surface area (Å²) in [6, 6.07) is -0.374. The van der Waals surface area contributed by atoms with E-state index in [9.17, 15) is 9.59 Å². The largest absolute Gasteiger partial charge is 0.351 e. The zero-order chi connectivity index (χ0) is 14.5. The Balaban J connectivity index is 4.60. The Morgan fingerprint density at radius 3 is 1.89 bits per heavy atom. The van der Waals surface area contributed by atoms with Crippen LogP contribution in [-0.2, 0) is 9.59 Å². The highest BCUT2D eigenvalue weighted by atomic mass is 16.2. The second kappa shape index (κ2) is 6.76. The topological polar surface area (TPSA) is 58.2 Å². The molecule has 0 aliphatic heterocycles. The van der Waals surface area contributed by atoms with Crippen LogP contribution >= 0.6 is 0 Å². The summed E-state index contributed by atoms with van der Waals surface area (Å²) in [6.07, 6.45) is 0.655. The van der Waals surface area contributed by atoms with Gasteiger partial charge in [0.05, 0.1) is 0 Å². The normalized spacial score (nSPS) is 15.1. The van der Waals surface area contributed by atoms with Gasteiger partial charge in [-0.25, -0.2) is 0 Å². The Bertz CT molecular complexity index is 293. The van der Waals surface area contributed by atoms with Crippen LogP contribution in [0.4, 0.5) is 0 Å². The van der Waals surface area contributed by atoms with Gasteiger partial charge in [-0.15, -0.1) is 0 Å². The Labute approximate surface area is 111 Å². The summed E-state index contributed by atoms with van der Waals surface area (Å²) in [4.78, 5) is 23.3. The van der Waals surface area contributed by atoms with E-state index in [0.717, 1.165) is 0 Å². The summed E-state index contributed by atoms with van der Waals surface area (Å²) in [7, 11) is 0. The van der Waals surface area contributed by atoms with Gasteiger partial charge < -0.3 is 10.6 Å². The highest BCUT2D eigenvalue weighted by molar-refractivity contribution is 5.87. The first-order valence-corrected chi connectivity index (χ1v) is 6.61. The summed E-state index contributed by atoms with van der Waals surface area (Å²) in [6.45, 7) is 13.7. The van der Waals surface area contributed by atoms with Crippen molar-refractivity contribution >= 4 is 11.8 Å². The summed E-state index contributed by atoms with van der Waals surface area (Å²) >= 11 is 0. The molecule has 0 aliphatic rings. The van der Waals surface area contributed by atoms with Crippen molar-refractivity contribution in [3.8, 4) is 0 Å². The second-order valence-corrected chi connectivity index (χ2v) is 6.48. The SMILES string of the molecule is CC(=O)NC(CC(C)C)C(=O)NC(C)C(C)(C)C. The summed E-state index contributed by atoms with van der Waals surface area (Å²) < 4.78 is 0. The number of hydrogen-bond acceptors (Lipinski definition) is 2. The fraction of sp³-hybridized carbons (Fsp3) is 0.857. The maximum absolute atomic E-state index is 12.1. The third-order valence-electron chi connectivity index (χ3n) is 3.06. The minimum Gasteiger partial charge on any atom is -0.351 e. The molecular formula is C14H28N2O2.